The molecule has 3 nitrogen and oxygen atoms in total. The number of hydrogen-bond acceptors (Lipinski definition) is 3. The largest absolute Gasteiger partial charge is 0.405 e. The number of aryl methyl sites for hydroxylation is 2. The number of nitrogens with two attached hydrogens (primary N) is 1. The van der Waals surface area contributed by atoms with Gasteiger partial charge in [-0.1, -0.05) is 12.2 Å². The van der Waals surface area contributed by atoms with Crippen LogP contribution < -0.4 is 11.1 Å². The SMILES string of the molecule is NC(=S)c1cc2c(nc1NCC(F)(F)F)CCCC2. The number of pyridine rings is 1. The van der Waals surface area contributed by atoms with Crippen LogP contribution in [0.15, 0.2) is 6.07 Å². The van der Waals surface area contributed by atoms with E-state index in [1.165, 1.54) is 0 Å². The van der Waals surface area contributed by atoms with E-state index >= 15 is 0 Å². The van der Waals surface area contributed by atoms with Gasteiger partial charge < -0.3 is 11.1 Å². The Morgan fingerprint density at radius 1 is 1.37 bits per heavy atom. The third kappa shape index (κ3) is 3.56. The van der Waals surface area contributed by atoms with Gasteiger partial charge >= 0.3 is 6.18 Å². The van der Waals surface area contributed by atoms with Crippen molar-refractivity contribution in [2.75, 3.05) is 11.9 Å². The van der Waals surface area contributed by atoms with Crippen LogP contribution in [-0.4, -0.2) is 22.7 Å². The van der Waals surface area contributed by atoms with Crippen molar-refractivity contribution < 1.29 is 13.2 Å². The first-order chi connectivity index (χ1) is 8.87. The smallest absolute Gasteiger partial charge is 0.389 e. The minimum absolute atomic E-state index is 0.0607. The summed E-state index contributed by atoms with van der Waals surface area (Å²) < 4.78 is 36.8. The van der Waals surface area contributed by atoms with E-state index in [-0.39, 0.29) is 10.8 Å². The normalized spacial score (nSPS) is 14.9. The molecule has 1 aliphatic carbocycles. The summed E-state index contributed by atoms with van der Waals surface area (Å²) in [5.41, 5.74) is 7.82. The number of fused-ring (bicyclic) bond motifs is 1. The summed E-state index contributed by atoms with van der Waals surface area (Å²) in [6.07, 6.45) is -0.581. The number of thiocarbonyl (C=S) groups is 1. The number of aromatic nitrogens is 1. The van der Waals surface area contributed by atoms with Crippen LogP contribution >= 0.6 is 12.2 Å². The van der Waals surface area contributed by atoms with Crippen LogP contribution in [0.5, 0.6) is 0 Å². The zero-order valence-corrected chi connectivity index (χ0v) is 11.0. The minimum atomic E-state index is -4.30. The molecule has 104 valence electrons. The molecule has 0 fully saturated rings. The fraction of sp³-hybridized carbons (Fsp3) is 0.500. The lowest BCUT2D eigenvalue weighted by atomic mass is 9.94. The first-order valence-corrected chi connectivity index (χ1v) is 6.41. The summed E-state index contributed by atoms with van der Waals surface area (Å²) in [6, 6.07) is 1.77. The van der Waals surface area contributed by atoms with Crippen molar-refractivity contribution >= 4 is 23.0 Å². The van der Waals surface area contributed by atoms with Crippen molar-refractivity contribution in [1.82, 2.24) is 4.98 Å². The molecule has 1 aromatic heterocycles. The first kappa shape index (κ1) is 14.0. The van der Waals surface area contributed by atoms with Gasteiger partial charge in [-0.3, -0.25) is 0 Å². The molecule has 0 saturated carbocycles. The van der Waals surface area contributed by atoms with E-state index in [4.69, 9.17) is 18.0 Å². The first-order valence-electron chi connectivity index (χ1n) is 6.00. The molecule has 0 aliphatic heterocycles. The highest BCUT2D eigenvalue weighted by Crippen LogP contribution is 2.25. The average molecular weight is 289 g/mol. The third-order valence-electron chi connectivity index (χ3n) is 3.02. The predicted molar refractivity (Wildman–Crippen MR) is 71.3 cm³/mol. The number of nitrogens with one attached hydrogen (secondary N) is 1. The zero-order valence-electron chi connectivity index (χ0n) is 10.2. The Kier molecular flexibility index (Phi) is 3.93. The van der Waals surface area contributed by atoms with Crippen LogP contribution in [0.1, 0.15) is 29.7 Å². The van der Waals surface area contributed by atoms with E-state index in [2.05, 4.69) is 10.3 Å². The van der Waals surface area contributed by atoms with E-state index in [1.54, 1.807) is 6.07 Å². The van der Waals surface area contributed by atoms with Crippen molar-refractivity contribution in [2.45, 2.75) is 31.9 Å². The van der Waals surface area contributed by atoms with Crippen LogP contribution in [0.4, 0.5) is 19.0 Å². The monoisotopic (exact) mass is 289 g/mol. The number of halogens is 3. The van der Waals surface area contributed by atoms with Crippen LogP contribution in [-0.2, 0) is 12.8 Å². The summed E-state index contributed by atoms with van der Waals surface area (Å²) in [6.45, 7) is -1.14. The van der Waals surface area contributed by atoms with Gasteiger partial charge in [0.15, 0.2) is 0 Å². The zero-order chi connectivity index (χ0) is 14.0. The summed E-state index contributed by atoms with van der Waals surface area (Å²) >= 11 is 4.88. The van der Waals surface area contributed by atoms with Gasteiger partial charge in [-0.05, 0) is 37.3 Å². The van der Waals surface area contributed by atoms with Gasteiger partial charge in [0.05, 0.1) is 5.56 Å². The van der Waals surface area contributed by atoms with Crippen LogP contribution in [0, 0.1) is 0 Å². The number of anilines is 1. The van der Waals surface area contributed by atoms with Gasteiger partial charge in [-0.15, -0.1) is 0 Å². The fourth-order valence-electron chi connectivity index (χ4n) is 2.14. The summed E-state index contributed by atoms with van der Waals surface area (Å²) in [4.78, 5) is 4.32. The molecule has 1 aromatic rings. The average Bonchev–Trinajstić information content (AvgIpc) is 2.34. The van der Waals surface area contributed by atoms with Crippen LogP contribution in [0.3, 0.4) is 0 Å². The molecule has 2 rings (SSSR count). The number of nitrogens with zero attached hydrogens (tertiary/aromatic N) is 1. The highest BCUT2D eigenvalue weighted by Gasteiger charge is 2.28. The second-order valence-corrected chi connectivity index (χ2v) is 4.97. The van der Waals surface area contributed by atoms with Crippen molar-refractivity contribution in [2.24, 2.45) is 5.73 Å². The van der Waals surface area contributed by atoms with E-state index < -0.39 is 12.7 Å². The lowest BCUT2D eigenvalue weighted by Gasteiger charge is -2.19. The topological polar surface area (TPSA) is 50.9 Å². The Morgan fingerprint density at radius 2 is 2.05 bits per heavy atom. The Hall–Kier alpha value is -1.37. The van der Waals surface area contributed by atoms with Gasteiger partial charge in [0.2, 0.25) is 0 Å². The third-order valence-corrected chi connectivity index (χ3v) is 3.24. The van der Waals surface area contributed by atoms with Gasteiger partial charge in [0.1, 0.15) is 17.4 Å². The standard InChI is InChI=1S/C12H14F3N3S/c13-12(14,15)6-17-11-8(10(16)19)5-7-3-1-2-4-9(7)18-11/h5H,1-4,6H2,(H2,16,19)(H,17,18). The Morgan fingerprint density at radius 3 is 2.68 bits per heavy atom. The van der Waals surface area contributed by atoms with E-state index in [0.717, 1.165) is 36.9 Å². The second kappa shape index (κ2) is 5.32. The highest BCUT2D eigenvalue weighted by atomic mass is 32.1. The van der Waals surface area contributed by atoms with E-state index in [1.807, 2.05) is 0 Å². The molecule has 0 saturated heterocycles. The highest BCUT2D eigenvalue weighted by molar-refractivity contribution is 7.80. The van der Waals surface area contributed by atoms with Crippen molar-refractivity contribution in [3.05, 3.63) is 22.9 Å². The quantitative estimate of drug-likeness (QED) is 0.840. The van der Waals surface area contributed by atoms with Gasteiger partial charge in [0.25, 0.3) is 0 Å². The molecule has 0 radical (unpaired) electrons. The maximum Gasteiger partial charge on any atom is 0.405 e. The molecule has 3 N–H and O–H groups in total. The summed E-state index contributed by atoms with van der Waals surface area (Å²) in [5, 5.41) is 2.28. The molecule has 0 amide bonds. The number of rotatable bonds is 3. The number of hydrogen-bond donors (Lipinski definition) is 2. The molecule has 1 aliphatic rings. The molecule has 0 aromatic carbocycles. The molecular weight excluding hydrogens is 275 g/mol. The number of alkyl halides is 3. The molecule has 19 heavy (non-hydrogen) atoms. The molecule has 0 bridgehead atoms. The van der Waals surface area contributed by atoms with Crippen molar-refractivity contribution in [1.29, 1.82) is 0 Å². The maximum absolute atomic E-state index is 12.3. The van der Waals surface area contributed by atoms with E-state index in [0.29, 0.717) is 5.56 Å². The summed E-state index contributed by atoms with van der Waals surface area (Å²) in [5.74, 6) is 0.130. The second-order valence-electron chi connectivity index (χ2n) is 4.53. The van der Waals surface area contributed by atoms with Crippen LogP contribution in [0.25, 0.3) is 0 Å². The Bertz CT molecular complexity index is 500. The van der Waals surface area contributed by atoms with Crippen molar-refractivity contribution in [3.8, 4) is 0 Å². The maximum atomic E-state index is 12.3. The van der Waals surface area contributed by atoms with Gasteiger partial charge in [-0.2, -0.15) is 13.2 Å². The molecule has 0 atom stereocenters. The molecule has 1 heterocycles. The molecule has 0 spiro atoms. The Labute approximate surface area is 114 Å². The van der Waals surface area contributed by atoms with Gasteiger partial charge in [0, 0.05) is 5.69 Å². The predicted octanol–water partition coefficient (Wildman–Crippen LogP) is 2.57. The summed E-state index contributed by atoms with van der Waals surface area (Å²) in [7, 11) is 0. The lowest BCUT2D eigenvalue weighted by Crippen LogP contribution is -2.25. The van der Waals surface area contributed by atoms with E-state index in [9.17, 15) is 13.2 Å². The minimum Gasteiger partial charge on any atom is -0.389 e. The fourth-order valence-corrected chi connectivity index (χ4v) is 2.30. The molecular formula is C12H14F3N3S. The van der Waals surface area contributed by atoms with Crippen LogP contribution in [0.2, 0.25) is 0 Å². The van der Waals surface area contributed by atoms with Crippen molar-refractivity contribution in [3.63, 3.8) is 0 Å². The Balaban J connectivity index is 2.32. The molecule has 0 unspecified atom stereocenters. The van der Waals surface area contributed by atoms with Gasteiger partial charge in [-0.25, -0.2) is 4.98 Å². The lowest BCUT2D eigenvalue weighted by molar-refractivity contribution is -0.115. The molecule has 7 heteroatoms.